The molecule has 3 N–H and O–H groups in total. The normalized spacial score (nSPS) is 9.50. The van der Waals surface area contributed by atoms with Crippen molar-refractivity contribution in [3.8, 4) is 5.75 Å². The molecule has 0 aromatic heterocycles. The maximum atomic E-state index is 11.3. The van der Waals surface area contributed by atoms with Gasteiger partial charge in [-0.2, -0.15) is 0 Å². The molecular formula is C11H11NO4. The van der Waals surface area contributed by atoms with Crippen molar-refractivity contribution in [2.24, 2.45) is 0 Å². The molecule has 5 nitrogen and oxygen atoms in total. The zero-order valence-corrected chi connectivity index (χ0v) is 8.43. The average molecular weight is 221 g/mol. The number of rotatable bonds is 4. The van der Waals surface area contributed by atoms with E-state index in [1.165, 1.54) is 24.3 Å². The third kappa shape index (κ3) is 3.45. The molecule has 1 aromatic carbocycles. The van der Waals surface area contributed by atoms with Gasteiger partial charge >= 0.3 is 5.97 Å². The van der Waals surface area contributed by atoms with Crippen LogP contribution in [0.1, 0.15) is 6.42 Å². The van der Waals surface area contributed by atoms with Gasteiger partial charge in [-0.25, -0.2) is 4.79 Å². The summed E-state index contributed by atoms with van der Waals surface area (Å²) in [6.45, 7) is 3.25. The predicted molar refractivity (Wildman–Crippen MR) is 58.1 cm³/mol. The van der Waals surface area contributed by atoms with E-state index in [4.69, 9.17) is 10.2 Å². The first kappa shape index (κ1) is 11.8. The van der Waals surface area contributed by atoms with E-state index in [1.807, 2.05) is 0 Å². The molecule has 1 aromatic rings. The molecule has 0 bridgehead atoms. The van der Waals surface area contributed by atoms with Crippen molar-refractivity contribution in [3.63, 3.8) is 0 Å². The Morgan fingerprint density at radius 1 is 1.25 bits per heavy atom. The van der Waals surface area contributed by atoms with Gasteiger partial charge in [0.05, 0.1) is 6.42 Å². The molecule has 0 spiro atoms. The molecule has 1 rings (SSSR count). The third-order valence-electron chi connectivity index (χ3n) is 1.83. The highest BCUT2D eigenvalue weighted by atomic mass is 16.4. The maximum Gasteiger partial charge on any atom is 0.331 e. The van der Waals surface area contributed by atoms with Crippen LogP contribution in [0.2, 0.25) is 0 Å². The van der Waals surface area contributed by atoms with Crippen LogP contribution < -0.4 is 5.32 Å². The van der Waals surface area contributed by atoms with Gasteiger partial charge in [-0.1, -0.05) is 6.58 Å². The molecule has 5 heteroatoms. The van der Waals surface area contributed by atoms with Gasteiger partial charge in [-0.15, -0.1) is 0 Å². The average Bonchev–Trinajstić information content (AvgIpc) is 2.21. The second-order valence-electron chi connectivity index (χ2n) is 3.18. The number of phenolic OH excluding ortho intramolecular Hbond substituents is 1. The molecule has 0 aliphatic heterocycles. The van der Waals surface area contributed by atoms with Gasteiger partial charge in [0.25, 0.3) is 0 Å². The number of carbonyl (C=O) groups is 2. The SMILES string of the molecule is C=C(CC(=O)Nc1ccc(O)cc1)C(=O)O. The molecule has 0 atom stereocenters. The Hall–Kier alpha value is -2.30. The van der Waals surface area contributed by atoms with Gasteiger partial charge in [-0.3, -0.25) is 4.79 Å². The molecule has 0 aliphatic rings. The Morgan fingerprint density at radius 3 is 2.31 bits per heavy atom. The minimum absolute atomic E-state index is 0.0907. The first-order valence-corrected chi connectivity index (χ1v) is 4.49. The van der Waals surface area contributed by atoms with Crippen LogP contribution in [0.5, 0.6) is 5.75 Å². The van der Waals surface area contributed by atoms with Crippen LogP contribution in [0.4, 0.5) is 5.69 Å². The zero-order chi connectivity index (χ0) is 12.1. The number of benzene rings is 1. The minimum Gasteiger partial charge on any atom is -0.508 e. The van der Waals surface area contributed by atoms with Gasteiger partial charge < -0.3 is 15.5 Å². The standard InChI is InChI=1S/C11H11NO4/c1-7(11(15)16)6-10(14)12-8-2-4-9(13)5-3-8/h2-5,13H,1,6H2,(H,12,14)(H,15,16). The molecule has 0 saturated heterocycles. The second kappa shape index (κ2) is 4.97. The van der Waals surface area contributed by atoms with Crippen molar-refractivity contribution in [3.05, 3.63) is 36.4 Å². The molecule has 0 fully saturated rings. The first-order valence-electron chi connectivity index (χ1n) is 4.49. The van der Waals surface area contributed by atoms with E-state index in [-0.39, 0.29) is 17.7 Å². The fourth-order valence-electron chi connectivity index (χ4n) is 1.02. The highest BCUT2D eigenvalue weighted by Crippen LogP contribution is 2.14. The van der Waals surface area contributed by atoms with E-state index in [9.17, 15) is 9.59 Å². The van der Waals surface area contributed by atoms with Crippen molar-refractivity contribution in [1.82, 2.24) is 0 Å². The lowest BCUT2D eigenvalue weighted by atomic mass is 10.2. The van der Waals surface area contributed by atoms with Gasteiger partial charge in [0.15, 0.2) is 0 Å². The number of carbonyl (C=O) groups excluding carboxylic acids is 1. The van der Waals surface area contributed by atoms with E-state index in [0.29, 0.717) is 5.69 Å². The smallest absolute Gasteiger partial charge is 0.331 e. The zero-order valence-electron chi connectivity index (χ0n) is 8.43. The van der Waals surface area contributed by atoms with Crippen LogP contribution >= 0.6 is 0 Å². The number of carboxylic acid groups (broad SMARTS) is 1. The number of hydrogen-bond acceptors (Lipinski definition) is 3. The summed E-state index contributed by atoms with van der Waals surface area (Å²) >= 11 is 0. The van der Waals surface area contributed by atoms with E-state index in [0.717, 1.165) is 0 Å². The second-order valence-corrected chi connectivity index (χ2v) is 3.18. The summed E-state index contributed by atoms with van der Waals surface area (Å²) in [5.41, 5.74) is 0.317. The number of hydrogen-bond donors (Lipinski definition) is 3. The number of phenols is 1. The summed E-state index contributed by atoms with van der Waals surface area (Å²) < 4.78 is 0. The molecular weight excluding hydrogens is 210 g/mol. The van der Waals surface area contributed by atoms with Gasteiger partial charge in [-0.05, 0) is 24.3 Å². The summed E-state index contributed by atoms with van der Waals surface area (Å²) in [5, 5.41) is 20.0. The summed E-state index contributed by atoms with van der Waals surface area (Å²) in [6, 6.07) is 5.86. The lowest BCUT2D eigenvalue weighted by Gasteiger charge is -2.04. The van der Waals surface area contributed by atoms with Crippen molar-refractivity contribution in [1.29, 1.82) is 0 Å². The number of nitrogens with one attached hydrogen (secondary N) is 1. The summed E-state index contributed by atoms with van der Waals surface area (Å²) in [4.78, 5) is 21.7. The van der Waals surface area contributed by atoms with Gasteiger partial charge in [0, 0.05) is 11.3 Å². The van der Waals surface area contributed by atoms with Crippen molar-refractivity contribution in [2.75, 3.05) is 5.32 Å². The number of amides is 1. The third-order valence-corrected chi connectivity index (χ3v) is 1.83. The summed E-state index contributed by atoms with van der Waals surface area (Å²) in [6.07, 6.45) is -0.268. The van der Waals surface area contributed by atoms with Crippen LogP contribution in [0.15, 0.2) is 36.4 Å². The van der Waals surface area contributed by atoms with Gasteiger partial charge in [0.1, 0.15) is 5.75 Å². The molecule has 0 radical (unpaired) electrons. The largest absolute Gasteiger partial charge is 0.508 e. The first-order chi connectivity index (χ1) is 7.49. The molecule has 0 saturated carbocycles. The fourth-order valence-corrected chi connectivity index (χ4v) is 1.02. The van der Waals surface area contributed by atoms with Crippen molar-refractivity contribution in [2.45, 2.75) is 6.42 Å². The van der Waals surface area contributed by atoms with E-state index in [2.05, 4.69) is 11.9 Å². The van der Waals surface area contributed by atoms with Crippen molar-refractivity contribution >= 4 is 17.6 Å². The topological polar surface area (TPSA) is 86.6 Å². The highest BCUT2D eigenvalue weighted by molar-refractivity contribution is 5.99. The number of aromatic hydroxyl groups is 1. The van der Waals surface area contributed by atoms with Gasteiger partial charge in [0.2, 0.25) is 5.91 Å². The lowest BCUT2D eigenvalue weighted by molar-refractivity contribution is -0.133. The maximum absolute atomic E-state index is 11.3. The van der Waals surface area contributed by atoms with E-state index < -0.39 is 11.9 Å². The summed E-state index contributed by atoms with van der Waals surface area (Å²) in [5.74, 6) is -1.56. The summed E-state index contributed by atoms with van der Waals surface area (Å²) in [7, 11) is 0. The van der Waals surface area contributed by atoms with E-state index >= 15 is 0 Å². The Labute approximate surface area is 92.0 Å². The van der Waals surface area contributed by atoms with Crippen LogP contribution in [0.3, 0.4) is 0 Å². The lowest BCUT2D eigenvalue weighted by Crippen LogP contribution is -2.14. The number of carboxylic acids is 1. The molecule has 0 heterocycles. The Kier molecular flexibility index (Phi) is 3.66. The fraction of sp³-hybridized carbons (Fsp3) is 0.0909. The number of aliphatic carboxylic acids is 1. The number of anilines is 1. The Morgan fingerprint density at radius 2 is 1.81 bits per heavy atom. The molecule has 16 heavy (non-hydrogen) atoms. The molecule has 0 aliphatic carbocycles. The monoisotopic (exact) mass is 221 g/mol. The van der Waals surface area contributed by atoms with Crippen LogP contribution in [-0.4, -0.2) is 22.1 Å². The predicted octanol–water partition coefficient (Wildman–Crippen LogP) is 1.36. The van der Waals surface area contributed by atoms with Crippen LogP contribution in [0.25, 0.3) is 0 Å². The minimum atomic E-state index is -1.19. The molecule has 0 unspecified atom stereocenters. The highest BCUT2D eigenvalue weighted by Gasteiger charge is 2.10. The quantitative estimate of drug-likeness (QED) is 0.529. The molecule has 1 amide bonds. The van der Waals surface area contributed by atoms with Crippen molar-refractivity contribution < 1.29 is 19.8 Å². The Balaban J connectivity index is 2.55. The van der Waals surface area contributed by atoms with Crippen LogP contribution in [0, 0.1) is 0 Å². The van der Waals surface area contributed by atoms with Crippen LogP contribution in [-0.2, 0) is 9.59 Å². The molecule has 84 valence electrons. The Bertz CT molecular complexity index is 422. The van der Waals surface area contributed by atoms with E-state index in [1.54, 1.807) is 0 Å².